The lowest BCUT2D eigenvalue weighted by atomic mass is 10.0. The molecule has 0 aliphatic rings. The van der Waals surface area contributed by atoms with Gasteiger partial charge in [0, 0.05) is 18.5 Å². The van der Waals surface area contributed by atoms with Crippen LogP contribution in [0.1, 0.15) is 17.2 Å². The number of aryl methyl sites for hydroxylation is 1. The molecule has 108 valence electrons. The van der Waals surface area contributed by atoms with Crippen LogP contribution in [-0.2, 0) is 13.5 Å². The van der Waals surface area contributed by atoms with E-state index in [-0.39, 0.29) is 0 Å². The second kappa shape index (κ2) is 5.39. The molecule has 0 bridgehead atoms. The summed E-state index contributed by atoms with van der Waals surface area (Å²) in [6, 6.07) is 12.7. The molecular weight excluding hydrogens is 290 g/mol. The zero-order valence-corrected chi connectivity index (χ0v) is 12.2. The Bertz CT molecular complexity index is 850. The summed E-state index contributed by atoms with van der Waals surface area (Å²) in [7, 11) is 1.65. The second-order valence-electron chi connectivity index (χ2n) is 4.97. The van der Waals surface area contributed by atoms with Gasteiger partial charge in [-0.25, -0.2) is 4.79 Å². The van der Waals surface area contributed by atoms with Crippen LogP contribution in [0.5, 0.6) is 0 Å². The fourth-order valence-electron chi connectivity index (χ4n) is 2.35. The predicted octanol–water partition coefficient (Wildman–Crippen LogP) is 3.06. The summed E-state index contributed by atoms with van der Waals surface area (Å²) >= 11 is 6.10. The average Bonchev–Trinajstić information content (AvgIpc) is 2.76. The summed E-state index contributed by atoms with van der Waals surface area (Å²) in [5, 5.41) is 11.0. The van der Waals surface area contributed by atoms with E-state index in [9.17, 15) is 9.90 Å². The third-order valence-electron chi connectivity index (χ3n) is 3.57. The molecule has 1 aromatic heterocycles. The molecule has 0 fully saturated rings. The maximum Gasteiger partial charge on any atom is 0.419 e. The number of hydrogen-bond acceptors (Lipinski definition) is 3. The van der Waals surface area contributed by atoms with Crippen molar-refractivity contribution in [2.24, 2.45) is 7.05 Å². The lowest BCUT2D eigenvalue weighted by Gasteiger charge is -2.12. The van der Waals surface area contributed by atoms with Crippen molar-refractivity contribution >= 4 is 22.7 Å². The highest BCUT2D eigenvalue weighted by Gasteiger charge is 2.13. The third-order valence-corrected chi connectivity index (χ3v) is 3.94. The minimum atomic E-state index is -0.709. The summed E-state index contributed by atoms with van der Waals surface area (Å²) in [5.41, 5.74) is 2.74. The van der Waals surface area contributed by atoms with Crippen molar-refractivity contribution in [1.29, 1.82) is 0 Å². The summed E-state index contributed by atoms with van der Waals surface area (Å²) in [6.07, 6.45) is -0.304. The number of hydrogen-bond donors (Lipinski definition) is 1. The zero-order chi connectivity index (χ0) is 15.0. The standard InChI is InChI=1S/C16H14ClNO3/c1-18-13-7-6-11(9-15(13)21-16(18)20)14(19)8-10-4-2-3-5-12(10)17/h2-7,9,14,19H,8H2,1H3. The molecule has 1 atom stereocenters. The van der Waals surface area contributed by atoms with Crippen LogP contribution in [0.4, 0.5) is 0 Å². The van der Waals surface area contributed by atoms with Crippen molar-refractivity contribution in [3.63, 3.8) is 0 Å². The molecule has 0 spiro atoms. The van der Waals surface area contributed by atoms with Gasteiger partial charge in [-0.2, -0.15) is 0 Å². The summed E-state index contributed by atoms with van der Waals surface area (Å²) in [6.45, 7) is 0. The monoisotopic (exact) mass is 303 g/mol. The molecular formula is C16H14ClNO3. The molecule has 1 heterocycles. The van der Waals surface area contributed by atoms with Crippen LogP contribution < -0.4 is 5.76 Å². The summed E-state index contributed by atoms with van der Waals surface area (Å²) < 4.78 is 6.56. The molecule has 0 amide bonds. The molecule has 5 heteroatoms. The van der Waals surface area contributed by atoms with Gasteiger partial charge in [0.25, 0.3) is 0 Å². The predicted molar refractivity (Wildman–Crippen MR) is 81.6 cm³/mol. The quantitative estimate of drug-likeness (QED) is 0.809. The number of aromatic nitrogens is 1. The molecule has 21 heavy (non-hydrogen) atoms. The smallest absolute Gasteiger partial charge is 0.408 e. The number of halogens is 1. The molecule has 2 aromatic carbocycles. The van der Waals surface area contributed by atoms with Gasteiger partial charge in [0.15, 0.2) is 5.58 Å². The van der Waals surface area contributed by atoms with Gasteiger partial charge in [-0.05, 0) is 29.3 Å². The van der Waals surface area contributed by atoms with Gasteiger partial charge in [-0.15, -0.1) is 0 Å². The first kappa shape index (κ1) is 13.9. The van der Waals surface area contributed by atoms with E-state index in [4.69, 9.17) is 16.0 Å². The van der Waals surface area contributed by atoms with Gasteiger partial charge in [0.05, 0.1) is 11.6 Å². The van der Waals surface area contributed by atoms with E-state index in [1.807, 2.05) is 18.2 Å². The first-order chi connectivity index (χ1) is 10.1. The largest absolute Gasteiger partial charge is 0.419 e. The van der Waals surface area contributed by atoms with Crippen molar-refractivity contribution in [1.82, 2.24) is 4.57 Å². The maximum absolute atomic E-state index is 11.5. The topological polar surface area (TPSA) is 55.4 Å². The highest BCUT2D eigenvalue weighted by Crippen LogP contribution is 2.25. The van der Waals surface area contributed by atoms with Crippen LogP contribution in [0.15, 0.2) is 51.7 Å². The lowest BCUT2D eigenvalue weighted by Crippen LogP contribution is -2.08. The van der Waals surface area contributed by atoms with Crippen LogP contribution in [-0.4, -0.2) is 9.67 Å². The Morgan fingerprint density at radius 2 is 2.05 bits per heavy atom. The molecule has 1 unspecified atom stereocenters. The first-order valence-electron chi connectivity index (χ1n) is 6.57. The molecule has 4 nitrogen and oxygen atoms in total. The van der Waals surface area contributed by atoms with Gasteiger partial charge >= 0.3 is 5.76 Å². The number of oxazole rings is 1. The Morgan fingerprint density at radius 3 is 2.81 bits per heavy atom. The highest BCUT2D eigenvalue weighted by atomic mass is 35.5. The first-order valence-corrected chi connectivity index (χ1v) is 6.95. The van der Waals surface area contributed by atoms with Crippen molar-refractivity contribution < 1.29 is 9.52 Å². The minimum Gasteiger partial charge on any atom is -0.408 e. The van der Waals surface area contributed by atoms with E-state index in [0.29, 0.717) is 28.1 Å². The Morgan fingerprint density at radius 1 is 1.29 bits per heavy atom. The van der Waals surface area contributed by atoms with Crippen LogP contribution >= 0.6 is 11.6 Å². The minimum absolute atomic E-state index is 0.405. The Balaban J connectivity index is 1.93. The van der Waals surface area contributed by atoms with Gasteiger partial charge in [0.1, 0.15) is 0 Å². The fraction of sp³-hybridized carbons (Fsp3) is 0.188. The number of aliphatic hydroxyl groups excluding tert-OH is 1. The van der Waals surface area contributed by atoms with Crippen LogP contribution in [0, 0.1) is 0 Å². The van der Waals surface area contributed by atoms with Gasteiger partial charge < -0.3 is 9.52 Å². The lowest BCUT2D eigenvalue weighted by molar-refractivity contribution is 0.178. The van der Waals surface area contributed by atoms with Crippen molar-refractivity contribution in [2.75, 3.05) is 0 Å². The van der Waals surface area contributed by atoms with Crippen molar-refractivity contribution in [3.8, 4) is 0 Å². The summed E-state index contributed by atoms with van der Waals surface area (Å²) in [5.74, 6) is -0.414. The number of rotatable bonds is 3. The molecule has 0 aliphatic carbocycles. The maximum atomic E-state index is 11.5. The van der Waals surface area contributed by atoms with Crippen LogP contribution in [0.2, 0.25) is 5.02 Å². The fourth-order valence-corrected chi connectivity index (χ4v) is 2.56. The highest BCUT2D eigenvalue weighted by molar-refractivity contribution is 6.31. The number of fused-ring (bicyclic) bond motifs is 1. The average molecular weight is 304 g/mol. The van der Waals surface area contributed by atoms with Crippen molar-refractivity contribution in [2.45, 2.75) is 12.5 Å². The molecule has 0 saturated heterocycles. The molecule has 3 aromatic rings. The number of nitrogens with zero attached hydrogens (tertiary/aromatic N) is 1. The Labute approximate surface area is 126 Å². The van der Waals surface area contributed by atoms with E-state index < -0.39 is 11.9 Å². The van der Waals surface area contributed by atoms with E-state index in [1.54, 1.807) is 31.3 Å². The molecule has 1 N–H and O–H groups in total. The van der Waals surface area contributed by atoms with Crippen LogP contribution in [0.25, 0.3) is 11.1 Å². The normalized spacial score (nSPS) is 12.7. The number of aliphatic hydroxyl groups is 1. The molecule has 3 rings (SSSR count). The van der Waals surface area contributed by atoms with Crippen LogP contribution in [0.3, 0.4) is 0 Å². The van der Waals surface area contributed by atoms with Crippen molar-refractivity contribution in [3.05, 3.63) is 69.2 Å². The zero-order valence-electron chi connectivity index (χ0n) is 11.4. The Hall–Kier alpha value is -2.04. The molecule has 0 radical (unpaired) electrons. The second-order valence-corrected chi connectivity index (χ2v) is 5.37. The summed E-state index contributed by atoms with van der Waals surface area (Å²) in [4.78, 5) is 11.5. The van der Waals surface area contributed by atoms with Gasteiger partial charge in [0.2, 0.25) is 0 Å². The molecule has 0 saturated carbocycles. The SMILES string of the molecule is Cn1c(=O)oc2cc(C(O)Cc3ccccc3Cl)ccc21. The third kappa shape index (κ3) is 2.60. The number of benzene rings is 2. The van der Waals surface area contributed by atoms with Gasteiger partial charge in [-0.1, -0.05) is 35.9 Å². The van der Waals surface area contributed by atoms with E-state index in [2.05, 4.69) is 0 Å². The van der Waals surface area contributed by atoms with E-state index >= 15 is 0 Å². The molecule has 0 aliphatic heterocycles. The van der Waals surface area contributed by atoms with E-state index in [0.717, 1.165) is 5.56 Å². The van der Waals surface area contributed by atoms with E-state index in [1.165, 1.54) is 4.57 Å². The Kier molecular flexibility index (Phi) is 3.57. The van der Waals surface area contributed by atoms with Gasteiger partial charge in [-0.3, -0.25) is 4.57 Å².